The molecule has 0 bridgehead atoms. The largest absolute Gasteiger partial charge is 0.479 e. The highest BCUT2D eigenvalue weighted by atomic mass is 35.5. The third-order valence-electron chi connectivity index (χ3n) is 4.35. The van der Waals surface area contributed by atoms with E-state index >= 15 is 0 Å². The number of benzene rings is 2. The Hall–Kier alpha value is -2.99. The molecule has 7 heteroatoms. The van der Waals surface area contributed by atoms with Gasteiger partial charge in [0.2, 0.25) is 11.2 Å². The van der Waals surface area contributed by atoms with E-state index in [4.69, 9.17) is 30.2 Å². The Kier molecular flexibility index (Phi) is 6.37. The van der Waals surface area contributed by atoms with Crippen LogP contribution in [0.5, 0.6) is 17.2 Å². The molecule has 0 aliphatic rings. The van der Waals surface area contributed by atoms with Crippen molar-refractivity contribution in [3.63, 3.8) is 0 Å². The highest BCUT2D eigenvalue weighted by Gasteiger charge is 2.18. The van der Waals surface area contributed by atoms with Crippen LogP contribution < -0.4 is 14.9 Å². The van der Waals surface area contributed by atoms with Crippen LogP contribution in [0.15, 0.2) is 45.8 Å². The average molecular weight is 431 g/mol. The van der Waals surface area contributed by atoms with Crippen molar-refractivity contribution < 1.29 is 23.4 Å². The fourth-order valence-corrected chi connectivity index (χ4v) is 3.02. The highest BCUT2D eigenvalue weighted by Crippen LogP contribution is 2.29. The molecule has 6 nitrogen and oxygen atoms in total. The van der Waals surface area contributed by atoms with Crippen molar-refractivity contribution in [3.05, 3.63) is 63.0 Å². The van der Waals surface area contributed by atoms with Crippen LogP contribution in [0, 0.1) is 13.8 Å². The van der Waals surface area contributed by atoms with Crippen molar-refractivity contribution >= 4 is 28.5 Å². The number of fused-ring (bicyclic) bond motifs is 1. The Morgan fingerprint density at radius 2 is 1.70 bits per heavy atom. The lowest BCUT2D eigenvalue weighted by Gasteiger charge is -2.16. The third kappa shape index (κ3) is 4.76. The predicted molar refractivity (Wildman–Crippen MR) is 115 cm³/mol. The van der Waals surface area contributed by atoms with E-state index in [1.54, 1.807) is 51.1 Å². The summed E-state index contributed by atoms with van der Waals surface area (Å²) in [4.78, 5) is 24.7. The monoisotopic (exact) mass is 430 g/mol. The second-order valence-electron chi connectivity index (χ2n) is 7.31. The quantitative estimate of drug-likeness (QED) is 0.475. The SMILES string of the molecule is Cc1cc(Oc2coc3cc(O[C@@H](C)C(=O)OC(C)C)ccc3c2=O)cc(C)c1Cl. The molecule has 0 saturated heterocycles. The van der Waals surface area contributed by atoms with E-state index in [0.717, 1.165) is 11.1 Å². The van der Waals surface area contributed by atoms with Gasteiger partial charge in [-0.2, -0.15) is 0 Å². The summed E-state index contributed by atoms with van der Waals surface area (Å²) in [7, 11) is 0. The standard InChI is InChI=1S/C23H23ClO6/c1-12(2)28-23(26)15(5)29-16-6-7-18-19(10-16)27-11-20(22(18)25)30-17-8-13(3)21(24)14(4)9-17/h6-12,15H,1-5H3/t15-/m0/s1. The van der Waals surface area contributed by atoms with E-state index in [9.17, 15) is 9.59 Å². The zero-order valence-electron chi connectivity index (χ0n) is 17.4. The molecule has 0 amide bonds. The van der Waals surface area contributed by atoms with Crippen LogP contribution in [0.1, 0.15) is 31.9 Å². The van der Waals surface area contributed by atoms with Gasteiger partial charge in [-0.05, 0) is 70.0 Å². The Balaban J connectivity index is 1.84. The molecule has 2 aromatic carbocycles. The molecule has 3 rings (SSSR count). The third-order valence-corrected chi connectivity index (χ3v) is 4.95. The van der Waals surface area contributed by atoms with Crippen LogP contribution >= 0.6 is 11.6 Å². The molecule has 1 aromatic heterocycles. The maximum Gasteiger partial charge on any atom is 0.347 e. The van der Waals surface area contributed by atoms with Gasteiger partial charge in [0, 0.05) is 11.1 Å². The molecule has 1 atom stereocenters. The molecule has 30 heavy (non-hydrogen) atoms. The minimum atomic E-state index is -0.796. The molecule has 0 saturated carbocycles. The Bertz CT molecular complexity index is 1130. The predicted octanol–water partition coefficient (Wildman–Crippen LogP) is 5.57. The van der Waals surface area contributed by atoms with Gasteiger partial charge in [0.15, 0.2) is 6.10 Å². The molecule has 3 aromatic rings. The van der Waals surface area contributed by atoms with Gasteiger partial charge >= 0.3 is 5.97 Å². The molecule has 0 radical (unpaired) electrons. The first-order chi connectivity index (χ1) is 14.2. The number of carbonyl (C=O) groups is 1. The maximum atomic E-state index is 12.8. The highest BCUT2D eigenvalue weighted by molar-refractivity contribution is 6.32. The number of rotatable bonds is 6. The van der Waals surface area contributed by atoms with Crippen molar-refractivity contribution in [2.24, 2.45) is 0 Å². The van der Waals surface area contributed by atoms with Crippen LogP contribution in [0.4, 0.5) is 0 Å². The van der Waals surface area contributed by atoms with Crippen molar-refractivity contribution in [2.75, 3.05) is 0 Å². The zero-order chi connectivity index (χ0) is 22.0. The summed E-state index contributed by atoms with van der Waals surface area (Å²) in [5.41, 5.74) is 1.70. The molecule has 0 spiro atoms. The number of hydrogen-bond acceptors (Lipinski definition) is 6. The minimum Gasteiger partial charge on any atom is -0.479 e. The first-order valence-corrected chi connectivity index (χ1v) is 9.91. The van der Waals surface area contributed by atoms with Crippen LogP contribution in [-0.2, 0) is 9.53 Å². The molecule has 0 unspecified atom stereocenters. The first kappa shape index (κ1) is 21.7. The summed E-state index contributed by atoms with van der Waals surface area (Å²) in [6.45, 7) is 8.86. The van der Waals surface area contributed by atoms with Crippen LogP contribution in [0.2, 0.25) is 5.02 Å². The summed E-state index contributed by atoms with van der Waals surface area (Å²) in [6.07, 6.45) is 0.227. The van der Waals surface area contributed by atoms with E-state index in [-0.39, 0.29) is 17.3 Å². The molecule has 158 valence electrons. The molecule has 0 aliphatic carbocycles. The lowest BCUT2D eigenvalue weighted by molar-refractivity contribution is -0.154. The zero-order valence-corrected chi connectivity index (χ0v) is 18.2. The van der Waals surface area contributed by atoms with Gasteiger partial charge in [0.1, 0.15) is 23.3 Å². The van der Waals surface area contributed by atoms with Gasteiger partial charge in [-0.25, -0.2) is 4.79 Å². The fraction of sp³-hybridized carbons (Fsp3) is 0.304. The number of ether oxygens (including phenoxy) is 3. The summed E-state index contributed by atoms with van der Waals surface area (Å²) in [5.74, 6) is 0.477. The van der Waals surface area contributed by atoms with E-state index in [1.165, 1.54) is 6.26 Å². The molecule has 0 fully saturated rings. The molecule has 0 N–H and O–H groups in total. The van der Waals surface area contributed by atoms with E-state index in [1.807, 2.05) is 13.8 Å². The molecule has 1 heterocycles. The molecular formula is C23H23ClO6. The molecule has 0 aliphatic heterocycles. The van der Waals surface area contributed by atoms with Crippen LogP contribution in [0.3, 0.4) is 0 Å². The second kappa shape index (κ2) is 8.79. The van der Waals surface area contributed by atoms with Gasteiger partial charge in [0.25, 0.3) is 0 Å². The number of aryl methyl sites for hydroxylation is 2. The number of esters is 1. The van der Waals surface area contributed by atoms with Gasteiger partial charge < -0.3 is 18.6 Å². The van der Waals surface area contributed by atoms with Gasteiger partial charge in [-0.1, -0.05) is 11.6 Å². The summed E-state index contributed by atoms with van der Waals surface area (Å²) < 4.78 is 22.1. The average Bonchev–Trinajstić information content (AvgIpc) is 2.67. The van der Waals surface area contributed by atoms with Crippen molar-refractivity contribution in [1.82, 2.24) is 0 Å². The normalized spacial score (nSPS) is 12.1. The van der Waals surface area contributed by atoms with Gasteiger partial charge in [0.05, 0.1) is 11.5 Å². The minimum absolute atomic E-state index is 0.0613. The van der Waals surface area contributed by atoms with Crippen LogP contribution in [0.25, 0.3) is 11.0 Å². The topological polar surface area (TPSA) is 75.0 Å². The summed E-state index contributed by atoms with van der Waals surface area (Å²) in [5, 5.41) is 0.992. The van der Waals surface area contributed by atoms with Crippen LogP contribution in [-0.4, -0.2) is 18.2 Å². The van der Waals surface area contributed by atoms with Crippen molar-refractivity contribution in [3.8, 4) is 17.2 Å². The molecular weight excluding hydrogens is 408 g/mol. The fourth-order valence-electron chi connectivity index (χ4n) is 2.91. The lowest BCUT2D eigenvalue weighted by Crippen LogP contribution is -2.28. The Labute approximate surface area is 179 Å². The summed E-state index contributed by atoms with van der Waals surface area (Å²) >= 11 is 6.18. The lowest BCUT2D eigenvalue weighted by atomic mass is 10.1. The Morgan fingerprint density at radius 1 is 1.03 bits per heavy atom. The number of halogens is 1. The second-order valence-corrected chi connectivity index (χ2v) is 7.68. The summed E-state index contributed by atoms with van der Waals surface area (Å²) in [6, 6.07) is 8.23. The maximum absolute atomic E-state index is 12.8. The Morgan fingerprint density at radius 3 is 2.33 bits per heavy atom. The van der Waals surface area contributed by atoms with E-state index < -0.39 is 12.1 Å². The number of carbonyl (C=O) groups excluding carboxylic acids is 1. The van der Waals surface area contributed by atoms with Crippen molar-refractivity contribution in [2.45, 2.75) is 46.8 Å². The van der Waals surface area contributed by atoms with Crippen molar-refractivity contribution in [1.29, 1.82) is 0 Å². The van der Waals surface area contributed by atoms with E-state index in [2.05, 4.69) is 0 Å². The smallest absolute Gasteiger partial charge is 0.347 e. The number of hydrogen-bond donors (Lipinski definition) is 0. The van der Waals surface area contributed by atoms with Gasteiger partial charge in [-0.15, -0.1) is 0 Å². The van der Waals surface area contributed by atoms with E-state index in [0.29, 0.717) is 27.5 Å². The first-order valence-electron chi connectivity index (χ1n) is 9.53. The van der Waals surface area contributed by atoms with Gasteiger partial charge in [-0.3, -0.25) is 4.79 Å².